The molecule has 0 bridgehead atoms. The smallest absolute Gasteiger partial charge is 0.410 e. The summed E-state index contributed by atoms with van der Waals surface area (Å²) in [6, 6.07) is 5.72. The molecular weight excluding hydrogens is 470 g/mol. The molecule has 1 N–H and O–H groups in total. The number of hydrogen-bond acceptors (Lipinski definition) is 8. The largest absolute Gasteiger partial charge is 0.444 e. The molecule has 2 fully saturated rings. The standard InChI is InChI=1S/C23H29N7O4S/c1-23(2,3)34-22(31)28-10-8-16(14-28)26-19-7-4-6-17(27-19)18-12-24-20-13-25-21(15-29(18)20)30-9-5-11-35(30,32)33/h4,6-7,12-13,15-16H,5,8-11,14H2,1-3H3,(H,26,27). The van der Waals surface area contributed by atoms with Crippen molar-refractivity contribution in [1.29, 1.82) is 0 Å². The van der Waals surface area contributed by atoms with Crippen LogP contribution < -0.4 is 9.62 Å². The zero-order chi connectivity index (χ0) is 24.8. The fourth-order valence-corrected chi connectivity index (χ4v) is 5.83. The molecule has 1 atom stereocenters. The maximum atomic E-state index is 12.4. The maximum Gasteiger partial charge on any atom is 0.410 e. The van der Waals surface area contributed by atoms with Gasteiger partial charge in [-0.2, -0.15) is 0 Å². The number of anilines is 2. The van der Waals surface area contributed by atoms with Crippen LogP contribution in [0.1, 0.15) is 33.6 Å². The lowest BCUT2D eigenvalue weighted by Gasteiger charge is -2.24. The highest BCUT2D eigenvalue weighted by molar-refractivity contribution is 7.93. The molecule has 3 aromatic rings. The average Bonchev–Trinajstić information content (AvgIpc) is 3.50. The van der Waals surface area contributed by atoms with Crippen molar-refractivity contribution < 1.29 is 17.9 Å². The zero-order valence-electron chi connectivity index (χ0n) is 20.0. The normalized spacial score (nSPS) is 19.9. The number of hydrogen-bond donors (Lipinski definition) is 1. The SMILES string of the molecule is CC(C)(C)OC(=O)N1CCC(Nc2cccc(-c3cnc4cnc(N5CCCS5(=O)=O)cn34)n2)C1. The molecule has 11 nitrogen and oxygen atoms in total. The Balaban J connectivity index is 1.34. The van der Waals surface area contributed by atoms with Crippen LogP contribution in [-0.4, -0.2) is 75.8 Å². The van der Waals surface area contributed by atoms with Gasteiger partial charge in [0.25, 0.3) is 0 Å². The quantitative estimate of drug-likeness (QED) is 0.582. The molecule has 0 radical (unpaired) electrons. The van der Waals surface area contributed by atoms with Gasteiger partial charge in [-0.05, 0) is 45.7 Å². The van der Waals surface area contributed by atoms with Crippen molar-refractivity contribution in [3.8, 4) is 11.4 Å². The Morgan fingerprint density at radius 1 is 1.17 bits per heavy atom. The van der Waals surface area contributed by atoms with Crippen LogP contribution in [0.3, 0.4) is 0 Å². The Bertz CT molecular complexity index is 1370. The number of nitrogens with zero attached hydrogens (tertiary/aromatic N) is 6. The molecular formula is C23H29N7O4S. The molecule has 0 aliphatic carbocycles. The van der Waals surface area contributed by atoms with E-state index in [2.05, 4.69) is 15.3 Å². The van der Waals surface area contributed by atoms with Crippen molar-refractivity contribution in [3.05, 3.63) is 36.8 Å². The number of ether oxygens (including phenoxy) is 1. The highest BCUT2D eigenvalue weighted by atomic mass is 32.2. The topological polar surface area (TPSA) is 122 Å². The molecule has 0 aromatic carbocycles. The number of amides is 1. The van der Waals surface area contributed by atoms with Gasteiger partial charge in [-0.25, -0.2) is 28.2 Å². The third-order valence-corrected chi connectivity index (χ3v) is 7.79. The Hall–Kier alpha value is -3.41. The molecule has 1 amide bonds. The van der Waals surface area contributed by atoms with Gasteiger partial charge in [0, 0.05) is 25.7 Å². The Kier molecular flexibility index (Phi) is 5.78. The Labute approximate surface area is 204 Å². The van der Waals surface area contributed by atoms with Gasteiger partial charge < -0.3 is 15.0 Å². The number of carbonyl (C=O) groups is 1. The molecule has 186 valence electrons. The van der Waals surface area contributed by atoms with E-state index in [4.69, 9.17) is 9.72 Å². The van der Waals surface area contributed by atoms with Crippen molar-refractivity contribution in [2.75, 3.05) is 35.0 Å². The van der Waals surface area contributed by atoms with Crippen LogP contribution >= 0.6 is 0 Å². The molecule has 2 aliphatic rings. The van der Waals surface area contributed by atoms with Crippen molar-refractivity contribution in [2.24, 2.45) is 0 Å². The van der Waals surface area contributed by atoms with Crippen molar-refractivity contribution in [3.63, 3.8) is 0 Å². The summed E-state index contributed by atoms with van der Waals surface area (Å²) in [5.74, 6) is 1.19. The number of rotatable bonds is 4. The first-order valence-corrected chi connectivity index (χ1v) is 13.3. The number of carbonyl (C=O) groups excluding carboxylic acids is 1. The monoisotopic (exact) mass is 499 g/mol. The summed E-state index contributed by atoms with van der Waals surface area (Å²) in [7, 11) is -3.34. The van der Waals surface area contributed by atoms with E-state index in [0.29, 0.717) is 49.0 Å². The highest BCUT2D eigenvalue weighted by Gasteiger charge is 2.31. The first-order chi connectivity index (χ1) is 16.6. The van der Waals surface area contributed by atoms with Crippen molar-refractivity contribution in [2.45, 2.75) is 45.3 Å². The van der Waals surface area contributed by atoms with Gasteiger partial charge in [0.1, 0.15) is 11.4 Å². The van der Waals surface area contributed by atoms with E-state index in [1.165, 1.54) is 4.31 Å². The Morgan fingerprint density at radius 3 is 2.74 bits per heavy atom. The van der Waals surface area contributed by atoms with E-state index >= 15 is 0 Å². The van der Waals surface area contributed by atoms with Gasteiger partial charge >= 0.3 is 6.09 Å². The number of nitrogens with one attached hydrogen (secondary N) is 1. The predicted molar refractivity (Wildman–Crippen MR) is 132 cm³/mol. The number of imidazole rings is 1. The second-order valence-electron chi connectivity index (χ2n) is 9.82. The van der Waals surface area contributed by atoms with Crippen molar-refractivity contribution >= 4 is 33.4 Å². The van der Waals surface area contributed by atoms with Crippen LogP contribution in [0.15, 0.2) is 36.8 Å². The number of likely N-dealkylation sites (tertiary alicyclic amines) is 1. The summed E-state index contributed by atoms with van der Waals surface area (Å²) in [6.07, 6.45) is 6.03. The molecule has 3 aromatic heterocycles. The maximum absolute atomic E-state index is 12.4. The van der Waals surface area contributed by atoms with Crippen LogP contribution in [0.25, 0.3) is 17.0 Å². The minimum Gasteiger partial charge on any atom is -0.444 e. The van der Waals surface area contributed by atoms with Crippen LogP contribution in [0.4, 0.5) is 16.4 Å². The Morgan fingerprint density at radius 2 is 2.00 bits per heavy atom. The fourth-order valence-electron chi connectivity index (χ4n) is 4.33. The fraction of sp³-hybridized carbons (Fsp3) is 0.478. The third-order valence-electron chi connectivity index (χ3n) is 5.94. The lowest BCUT2D eigenvalue weighted by molar-refractivity contribution is 0.0293. The van der Waals surface area contributed by atoms with Crippen LogP contribution in [-0.2, 0) is 14.8 Å². The summed E-state index contributed by atoms with van der Waals surface area (Å²) in [5, 5.41) is 3.42. The van der Waals surface area contributed by atoms with Gasteiger partial charge in [-0.15, -0.1) is 0 Å². The summed E-state index contributed by atoms with van der Waals surface area (Å²) in [6.45, 7) is 7.15. The summed E-state index contributed by atoms with van der Waals surface area (Å²) in [5.41, 5.74) is 1.49. The zero-order valence-corrected chi connectivity index (χ0v) is 20.8. The molecule has 35 heavy (non-hydrogen) atoms. The van der Waals surface area contributed by atoms with Crippen molar-refractivity contribution in [1.82, 2.24) is 24.3 Å². The lowest BCUT2D eigenvalue weighted by Crippen LogP contribution is -2.36. The van der Waals surface area contributed by atoms with Crippen LogP contribution in [0, 0.1) is 0 Å². The molecule has 5 heterocycles. The van der Waals surface area contributed by atoms with Crippen LogP contribution in [0.5, 0.6) is 0 Å². The first-order valence-electron chi connectivity index (χ1n) is 11.6. The summed E-state index contributed by atoms with van der Waals surface area (Å²) >= 11 is 0. The van der Waals surface area contributed by atoms with E-state index in [-0.39, 0.29) is 17.9 Å². The van der Waals surface area contributed by atoms with E-state index < -0.39 is 15.6 Å². The molecule has 2 saturated heterocycles. The summed E-state index contributed by atoms with van der Waals surface area (Å²) < 4.78 is 33.3. The number of aromatic nitrogens is 4. The molecule has 0 spiro atoms. The van der Waals surface area contributed by atoms with Gasteiger partial charge in [0.05, 0.1) is 35.7 Å². The first kappa shape index (κ1) is 23.3. The number of pyridine rings is 1. The molecule has 2 aliphatic heterocycles. The van der Waals surface area contributed by atoms with Gasteiger partial charge in [0.2, 0.25) is 10.0 Å². The number of sulfonamides is 1. The van der Waals surface area contributed by atoms with Gasteiger partial charge in [-0.1, -0.05) is 6.07 Å². The molecule has 1 unspecified atom stereocenters. The van der Waals surface area contributed by atoms with Crippen LogP contribution in [0.2, 0.25) is 0 Å². The molecule has 12 heteroatoms. The second-order valence-corrected chi connectivity index (χ2v) is 11.8. The predicted octanol–water partition coefficient (Wildman–Crippen LogP) is 2.75. The average molecular weight is 500 g/mol. The lowest BCUT2D eigenvalue weighted by atomic mass is 10.2. The minimum absolute atomic E-state index is 0.0589. The van der Waals surface area contributed by atoms with Gasteiger partial charge in [0.15, 0.2) is 11.5 Å². The summed E-state index contributed by atoms with van der Waals surface area (Å²) in [4.78, 5) is 27.5. The van der Waals surface area contributed by atoms with E-state index in [1.54, 1.807) is 23.5 Å². The van der Waals surface area contributed by atoms with E-state index in [9.17, 15) is 13.2 Å². The van der Waals surface area contributed by atoms with E-state index in [1.807, 2.05) is 43.4 Å². The van der Waals surface area contributed by atoms with E-state index in [0.717, 1.165) is 12.1 Å². The molecule has 5 rings (SSSR count). The van der Waals surface area contributed by atoms with Gasteiger partial charge in [-0.3, -0.25) is 8.71 Å². The number of fused-ring (bicyclic) bond motifs is 1. The minimum atomic E-state index is -3.34. The molecule has 0 saturated carbocycles. The third kappa shape index (κ3) is 4.88. The highest BCUT2D eigenvalue weighted by Crippen LogP contribution is 2.26. The second kappa shape index (κ2) is 8.67.